The zero-order valence-corrected chi connectivity index (χ0v) is 26.1. The minimum atomic E-state index is -3.43. The normalized spacial score (nSPS) is 16.5. The summed E-state index contributed by atoms with van der Waals surface area (Å²) in [6.45, 7) is 7.43. The summed E-state index contributed by atoms with van der Waals surface area (Å²) in [5.41, 5.74) is 0.850. The Morgan fingerprint density at radius 3 is 2.11 bits per heavy atom. The standard InChI is InChI=1S/C31H37N5O7S/c1-18(2)24(26(37)30-35-34-29(43-30)21-10-7-6-8-11-21)32-28(39)23-12-9-17-36(23)31(40)25(19(3)4)33-27(38)20-13-15-22(16-14-20)44(5,41)42/h6-8,10-11,13-16,18-19,23-25H,9,12,17H2,1-5H3,(H,32,39)(H,33,38)/t23-,24+,25+/m1/s1. The van der Waals surface area contributed by atoms with Gasteiger partial charge in [0.15, 0.2) is 9.84 Å². The van der Waals surface area contributed by atoms with E-state index in [9.17, 15) is 27.6 Å². The fourth-order valence-corrected chi connectivity index (χ4v) is 5.64. The summed E-state index contributed by atoms with van der Waals surface area (Å²) >= 11 is 0. The Morgan fingerprint density at radius 2 is 1.52 bits per heavy atom. The molecule has 0 saturated carbocycles. The van der Waals surface area contributed by atoms with E-state index in [1.54, 1.807) is 52.0 Å². The van der Waals surface area contributed by atoms with E-state index in [2.05, 4.69) is 20.8 Å². The quantitative estimate of drug-likeness (QED) is 0.305. The summed E-state index contributed by atoms with van der Waals surface area (Å²) in [4.78, 5) is 55.1. The SMILES string of the molecule is CC(C)[C@H](NC(=O)[C@H]1CCCN1C(=O)[C@@H](NC(=O)c1ccc(S(C)(=O)=O)cc1)C(C)C)C(=O)c1nnc(-c2ccccc2)o1. The van der Waals surface area contributed by atoms with Crippen LogP contribution in [0.4, 0.5) is 0 Å². The van der Waals surface area contributed by atoms with E-state index in [-0.39, 0.29) is 34.1 Å². The molecule has 1 saturated heterocycles. The summed E-state index contributed by atoms with van der Waals surface area (Å²) in [7, 11) is -3.43. The molecular weight excluding hydrogens is 586 g/mol. The molecule has 0 aliphatic carbocycles. The number of likely N-dealkylation sites (tertiary alicyclic amines) is 1. The van der Waals surface area contributed by atoms with Gasteiger partial charge in [-0.2, -0.15) is 0 Å². The number of nitrogens with zero attached hydrogens (tertiary/aromatic N) is 3. The Balaban J connectivity index is 1.46. The van der Waals surface area contributed by atoms with E-state index in [1.807, 2.05) is 6.07 Å². The Hall–Kier alpha value is -4.39. The first-order chi connectivity index (χ1) is 20.8. The summed E-state index contributed by atoms with van der Waals surface area (Å²) < 4.78 is 29.1. The maximum absolute atomic E-state index is 13.7. The zero-order valence-electron chi connectivity index (χ0n) is 25.3. The topological polar surface area (TPSA) is 169 Å². The van der Waals surface area contributed by atoms with Crippen LogP contribution >= 0.6 is 0 Å². The third-order valence-electron chi connectivity index (χ3n) is 7.51. The molecule has 2 aromatic carbocycles. The van der Waals surface area contributed by atoms with Crippen LogP contribution in [0.25, 0.3) is 11.5 Å². The van der Waals surface area contributed by atoms with Gasteiger partial charge >= 0.3 is 0 Å². The van der Waals surface area contributed by atoms with E-state index in [0.29, 0.717) is 24.9 Å². The summed E-state index contributed by atoms with van der Waals surface area (Å²) in [5, 5.41) is 13.4. The van der Waals surface area contributed by atoms with Crippen LogP contribution in [0.15, 0.2) is 63.9 Å². The molecule has 44 heavy (non-hydrogen) atoms. The molecule has 234 valence electrons. The highest BCUT2D eigenvalue weighted by Gasteiger charge is 2.40. The highest BCUT2D eigenvalue weighted by molar-refractivity contribution is 7.90. The third kappa shape index (κ3) is 7.39. The maximum Gasteiger partial charge on any atom is 0.286 e. The number of aromatic nitrogens is 2. The molecule has 2 heterocycles. The molecule has 12 nitrogen and oxygen atoms in total. The number of carbonyl (C=O) groups is 4. The van der Waals surface area contributed by atoms with Gasteiger partial charge in [-0.15, -0.1) is 10.2 Å². The van der Waals surface area contributed by atoms with Gasteiger partial charge in [0.2, 0.25) is 23.5 Å². The van der Waals surface area contributed by atoms with Crippen LogP contribution in [-0.2, 0) is 19.4 Å². The molecule has 1 aliphatic rings. The van der Waals surface area contributed by atoms with Crippen molar-refractivity contribution in [2.75, 3.05) is 12.8 Å². The second kappa shape index (κ2) is 13.5. The van der Waals surface area contributed by atoms with Gasteiger partial charge in [-0.3, -0.25) is 19.2 Å². The molecule has 2 N–H and O–H groups in total. The van der Waals surface area contributed by atoms with Gasteiger partial charge in [0.25, 0.3) is 11.8 Å². The van der Waals surface area contributed by atoms with Crippen LogP contribution in [0.2, 0.25) is 0 Å². The molecule has 13 heteroatoms. The number of amides is 3. The first kappa shape index (κ1) is 32.5. The number of hydrogen-bond donors (Lipinski definition) is 2. The maximum atomic E-state index is 13.7. The van der Waals surface area contributed by atoms with Crippen LogP contribution in [0.5, 0.6) is 0 Å². The van der Waals surface area contributed by atoms with Gasteiger partial charge in [0, 0.05) is 23.9 Å². The summed E-state index contributed by atoms with van der Waals surface area (Å²) in [6.07, 6.45) is 2.03. The Kier molecular flexibility index (Phi) is 9.98. The Morgan fingerprint density at radius 1 is 0.886 bits per heavy atom. The van der Waals surface area contributed by atoms with Crippen molar-refractivity contribution >= 4 is 33.3 Å². The van der Waals surface area contributed by atoms with E-state index in [0.717, 1.165) is 6.26 Å². The van der Waals surface area contributed by atoms with E-state index in [4.69, 9.17) is 4.42 Å². The predicted octanol–water partition coefficient (Wildman–Crippen LogP) is 2.91. The van der Waals surface area contributed by atoms with Gasteiger partial charge in [-0.25, -0.2) is 8.42 Å². The van der Waals surface area contributed by atoms with Gasteiger partial charge in [0.1, 0.15) is 12.1 Å². The van der Waals surface area contributed by atoms with E-state index < -0.39 is 51.5 Å². The van der Waals surface area contributed by atoms with Crippen LogP contribution in [0, 0.1) is 11.8 Å². The molecule has 1 aromatic heterocycles. The lowest BCUT2D eigenvalue weighted by atomic mass is 9.98. The van der Waals surface area contributed by atoms with Crippen LogP contribution < -0.4 is 10.6 Å². The number of sulfone groups is 1. The lowest BCUT2D eigenvalue weighted by Gasteiger charge is -2.31. The van der Waals surface area contributed by atoms with Gasteiger partial charge in [-0.05, 0) is 61.1 Å². The predicted molar refractivity (Wildman–Crippen MR) is 161 cm³/mol. The van der Waals surface area contributed by atoms with Crippen molar-refractivity contribution < 1.29 is 32.0 Å². The van der Waals surface area contributed by atoms with Gasteiger partial charge < -0.3 is 20.0 Å². The third-order valence-corrected chi connectivity index (χ3v) is 8.63. The molecule has 0 radical (unpaired) electrons. The van der Waals surface area contributed by atoms with Gasteiger partial charge in [-0.1, -0.05) is 45.9 Å². The van der Waals surface area contributed by atoms with Crippen molar-refractivity contribution in [2.24, 2.45) is 11.8 Å². The second-order valence-corrected chi connectivity index (χ2v) is 13.6. The van der Waals surface area contributed by atoms with Crippen LogP contribution in [0.3, 0.4) is 0 Å². The molecule has 3 amide bonds. The summed E-state index contributed by atoms with van der Waals surface area (Å²) in [5.74, 6) is -2.66. The number of ketones is 1. The monoisotopic (exact) mass is 623 g/mol. The Bertz CT molecular complexity index is 1620. The van der Waals surface area contributed by atoms with Crippen molar-refractivity contribution in [1.82, 2.24) is 25.7 Å². The molecule has 1 fully saturated rings. The average molecular weight is 624 g/mol. The number of hydrogen-bond acceptors (Lipinski definition) is 9. The van der Waals surface area contributed by atoms with E-state index in [1.165, 1.54) is 29.2 Å². The van der Waals surface area contributed by atoms with Crippen LogP contribution in [-0.4, -0.2) is 77.9 Å². The lowest BCUT2D eigenvalue weighted by molar-refractivity contribution is -0.140. The largest absolute Gasteiger partial charge is 0.414 e. The van der Waals surface area contributed by atoms with Crippen molar-refractivity contribution in [2.45, 2.75) is 63.6 Å². The minimum Gasteiger partial charge on any atom is -0.414 e. The van der Waals surface area contributed by atoms with Crippen LogP contribution in [0.1, 0.15) is 61.6 Å². The van der Waals surface area contributed by atoms with Crippen molar-refractivity contribution in [3.63, 3.8) is 0 Å². The van der Waals surface area contributed by atoms with Gasteiger partial charge in [0.05, 0.1) is 10.9 Å². The molecule has 0 bridgehead atoms. The number of nitrogens with one attached hydrogen (secondary N) is 2. The molecule has 3 aromatic rings. The number of carbonyl (C=O) groups excluding carboxylic acids is 4. The lowest BCUT2D eigenvalue weighted by Crippen LogP contribution is -2.57. The minimum absolute atomic E-state index is 0.0744. The average Bonchev–Trinajstić information content (AvgIpc) is 3.68. The molecule has 1 aliphatic heterocycles. The highest BCUT2D eigenvalue weighted by atomic mass is 32.2. The fraction of sp³-hybridized carbons (Fsp3) is 0.419. The number of benzene rings is 2. The Labute approximate surface area is 256 Å². The second-order valence-electron chi connectivity index (χ2n) is 11.6. The first-order valence-corrected chi connectivity index (χ1v) is 16.3. The molecular formula is C31H37N5O7S. The molecule has 3 atom stereocenters. The zero-order chi connectivity index (χ0) is 32.2. The molecule has 4 rings (SSSR count). The van der Waals surface area contributed by atoms with Crippen molar-refractivity contribution in [3.8, 4) is 11.5 Å². The number of Topliss-reactive ketones (excluding diaryl/α,β-unsaturated/α-hetero) is 1. The van der Waals surface area contributed by atoms with Crippen molar-refractivity contribution in [3.05, 3.63) is 66.1 Å². The highest BCUT2D eigenvalue weighted by Crippen LogP contribution is 2.23. The molecule has 0 spiro atoms. The van der Waals surface area contributed by atoms with E-state index >= 15 is 0 Å². The number of rotatable bonds is 11. The fourth-order valence-electron chi connectivity index (χ4n) is 5.01. The smallest absolute Gasteiger partial charge is 0.286 e. The molecule has 0 unspecified atom stereocenters. The summed E-state index contributed by atoms with van der Waals surface area (Å²) in [6, 6.07) is 11.7. The first-order valence-electron chi connectivity index (χ1n) is 14.4. The van der Waals surface area contributed by atoms with Crippen molar-refractivity contribution in [1.29, 1.82) is 0 Å².